The predicted molar refractivity (Wildman–Crippen MR) is 99.0 cm³/mol. The van der Waals surface area contributed by atoms with E-state index in [-0.39, 0.29) is 11.5 Å². The van der Waals surface area contributed by atoms with Crippen molar-refractivity contribution in [2.75, 3.05) is 5.32 Å². The predicted octanol–water partition coefficient (Wildman–Crippen LogP) is 4.13. The number of carbonyl (C=O) groups excluding carboxylic acids is 1. The SMILES string of the molecule is CCCCn1c(C)c(C)cc(NC(=O)c2cc(C)ccc2C)c1=O. The Labute approximate surface area is 143 Å². The van der Waals surface area contributed by atoms with Crippen molar-refractivity contribution in [2.45, 2.75) is 54.0 Å². The van der Waals surface area contributed by atoms with E-state index in [4.69, 9.17) is 0 Å². The van der Waals surface area contributed by atoms with Crippen molar-refractivity contribution in [3.8, 4) is 0 Å². The summed E-state index contributed by atoms with van der Waals surface area (Å²) >= 11 is 0. The molecule has 0 saturated carbocycles. The Hall–Kier alpha value is -2.36. The molecule has 1 aromatic carbocycles. The van der Waals surface area contributed by atoms with Crippen LogP contribution in [-0.4, -0.2) is 10.5 Å². The van der Waals surface area contributed by atoms with Gasteiger partial charge in [-0.05, 0) is 57.4 Å². The summed E-state index contributed by atoms with van der Waals surface area (Å²) in [6.45, 7) is 10.5. The summed E-state index contributed by atoms with van der Waals surface area (Å²) in [4.78, 5) is 25.3. The molecule has 2 aromatic rings. The Bertz CT molecular complexity index is 819. The maximum absolute atomic E-state index is 12.7. The van der Waals surface area contributed by atoms with Gasteiger partial charge < -0.3 is 9.88 Å². The molecule has 4 heteroatoms. The molecule has 0 bridgehead atoms. The number of nitrogens with one attached hydrogen (secondary N) is 1. The van der Waals surface area contributed by atoms with Crippen LogP contribution in [0.4, 0.5) is 5.69 Å². The smallest absolute Gasteiger partial charge is 0.274 e. The summed E-state index contributed by atoms with van der Waals surface area (Å²) in [7, 11) is 0. The normalized spacial score (nSPS) is 10.7. The molecule has 4 nitrogen and oxygen atoms in total. The molecule has 0 saturated heterocycles. The Kier molecular flexibility index (Phi) is 5.60. The van der Waals surface area contributed by atoms with Gasteiger partial charge in [0.2, 0.25) is 0 Å². The van der Waals surface area contributed by atoms with Crippen molar-refractivity contribution in [2.24, 2.45) is 0 Å². The molecule has 128 valence electrons. The first kappa shape index (κ1) is 18.0. The molecule has 1 aromatic heterocycles. The number of anilines is 1. The third-order valence-corrected chi connectivity index (χ3v) is 4.43. The highest BCUT2D eigenvalue weighted by Gasteiger charge is 2.14. The number of aromatic nitrogens is 1. The van der Waals surface area contributed by atoms with Gasteiger partial charge in [-0.1, -0.05) is 31.0 Å². The number of benzene rings is 1. The Morgan fingerprint density at radius 2 is 1.79 bits per heavy atom. The van der Waals surface area contributed by atoms with Crippen molar-refractivity contribution in [1.82, 2.24) is 4.57 Å². The van der Waals surface area contributed by atoms with Crippen molar-refractivity contribution in [3.63, 3.8) is 0 Å². The first-order chi connectivity index (χ1) is 11.3. The zero-order valence-corrected chi connectivity index (χ0v) is 15.2. The quantitative estimate of drug-likeness (QED) is 0.898. The third kappa shape index (κ3) is 3.75. The summed E-state index contributed by atoms with van der Waals surface area (Å²) in [6, 6.07) is 7.51. The number of carbonyl (C=O) groups is 1. The number of hydrogen-bond acceptors (Lipinski definition) is 2. The molecule has 0 fully saturated rings. The van der Waals surface area contributed by atoms with Crippen LogP contribution in [0.25, 0.3) is 0 Å². The van der Waals surface area contributed by atoms with Crippen LogP contribution in [-0.2, 0) is 6.54 Å². The van der Waals surface area contributed by atoms with Crippen LogP contribution < -0.4 is 10.9 Å². The number of nitrogens with zero attached hydrogens (tertiary/aromatic N) is 1. The van der Waals surface area contributed by atoms with Gasteiger partial charge in [0.25, 0.3) is 11.5 Å². The lowest BCUT2D eigenvalue weighted by Gasteiger charge is -2.15. The van der Waals surface area contributed by atoms with Gasteiger partial charge in [-0.15, -0.1) is 0 Å². The Balaban J connectivity index is 2.39. The molecule has 0 atom stereocenters. The van der Waals surface area contributed by atoms with Gasteiger partial charge in [0.1, 0.15) is 5.69 Å². The number of pyridine rings is 1. The molecular formula is C20H26N2O2. The van der Waals surface area contributed by atoms with Crippen LogP contribution in [0.5, 0.6) is 0 Å². The lowest BCUT2D eigenvalue weighted by atomic mass is 10.0. The van der Waals surface area contributed by atoms with Crippen molar-refractivity contribution >= 4 is 11.6 Å². The topological polar surface area (TPSA) is 51.1 Å². The minimum Gasteiger partial charge on any atom is -0.317 e. The molecular weight excluding hydrogens is 300 g/mol. The molecule has 0 aliphatic rings. The average molecular weight is 326 g/mol. The maximum atomic E-state index is 12.7. The van der Waals surface area contributed by atoms with Gasteiger partial charge in [-0.3, -0.25) is 9.59 Å². The lowest BCUT2D eigenvalue weighted by molar-refractivity contribution is 0.102. The minimum atomic E-state index is -0.237. The fourth-order valence-corrected chi connectivity index (χ4v) is 2.74. The van der Waals surface area contributed by atoms with Crippen molar-refractivity contribution in [1.29, 1.82) is 0 Å². The van der Waals surface area contributed by atoms with Gasteiger partial charge >= 0.3 is 0 Å². The van der Waals surface area contributed by atoms with Crippen molar-refractivity contribution in [3.05, 3.63) is 62.6 Å². The second-order valence-corrected chi connectivity index (χ2v) is 6.41. The number of amides is 1. The molecule has 0 aliphatic heterocycles. The highest BCUT2D eigenvalue weighted by atomic mass is 16.2. The van der Waals surface area contributed by atoms with E-state index in [1.165, 1.54) is 0 Å². The summed E-state index contributed by atoms with van der Waals surface area (Å²) in [6.07, 6.45) is 1.96. The fourth-order valence-electron chi connectivity index (χ4n) is 2.74. The molecule has 1 heterocycles. The zero-order chi connectivity index (χ0) is 17.9. The first-order valence-corrected chi connectivity index (χ1v) is 8.44. The molecule has 0 spiro atoms. The molecule has 1 N–H and O–H groups in total. The Morgan fingerprint density at radius 3 is 2.46 bits per heavy atom. The number of unbranched alkanes of at least 4 members (excludes halogenated alkanes) is 1. The van der Waals surface area contributed by atoms with E-state index in [1.807, 2.05) is 45.9 Å². The van der Waals surface area contributed by atoms with E-state index in [0.717, 1.165) is 35.2 Å². The van der Waals surface area contributed by atoms with E-state index >= 15 is 0 Å². The van der Waals surface area contributed by atoms with Crippen LogP contribution in [0.3, 0.4) is 0 Å². The third-order valence-electron chi connectivity index (χ3n) is 4.43. The number of hydrogen-bond donors (Lipinski definition) is 1. The second-order valence-electron chi connectivity index (χ2n) is 6.41. The highest BCUT2D eigenvalue weighted by Crippen LogP contribution is 2.15. The van der Waals surface area contributed by atoms with Gasteiger partial charge in [0.15, 0.2) is 0 Å². The number of aryl methyl sites for hydroxylation is 3. The summed E-state index contributed by atoms with van der Waals surface area (Å²) < 4.78 is 1.76. The summed E-state index contributed by atoms with van der Waals surface area (Å²) in [5.41, 5.74) is 4.69. The highest BCUT2D eigenvalue weighted by molar-refractivity contribution is 6.05. The van der Waals surface area contributed by atoms with E-state index in [1.54, 1.807) is 10.6 Å². The monoisotopic (exact) mass is 326 g/mol. The molecule has 0 radical (unpaired) electrons. The summed E-state index contributed by atoms with van der Waals surface area (Å²) in [5.74, 6) is -0.237. The van der Waals surface area contributed by atoms with Crippen LogP contribution >= 0.6 is 0 Å². The first-order valence-electron chi connectivity index (χ1n) is 8.44. The van der Waals surface area contributed by atoms with E-state index < -0.39 is 0 Å². The van der Waals surface area contributed by atoms with Crippen LogP contribution in [0, 0.1) is 27.7 Å². The second kappa shape index (κ2) is 7.47. The summed E-state index contributed by atoms with van der Waals surface area (Å²) in [5, 5.41) is 2.81. The van der Waals surface area contributed by atoms with Gasteiger partial charge in [0, 0.05) is 17.8 Å². The zero-order valence-electron chi connectivity index (χ0n) is 15.2. The standard InChI is InChI=1S/C20H26N2O2/c1-6-7-10-22-16(5)15(4)12-18(20(22)24)21-19(23)17-11-13(2)8-9-14(17)3/h8-9,11-12H,6-7,10H2,1-5H3,(H,21,23). The van der Waals surface area contributed by atoms with E-state index in [2.05, 4.69) is 12.2 Å². The van der Waals surface area contributed by atoms with Crippen LogP contribution in [0.1, 0.15) is 52.5 Å². The van der Waals surface area contributed by atoms with Crippen LogP contribution in [0.2, 0.25) is 0 Å². The van der Waals surface area contributed by atoms with E-state index in [0.29, 0.717) is 17.8 Å². The molecule has 1 amide bonds. The average Bonchev–Trinajstić information content (AvgIpc) is 2.54. The molecule has 0 unspecified atom stereocenters. The van der Waals surface area contributed by atoms with Gasteiger partial charge in [0.05, 0.1) is 0 Å². The van der Waals surface area contributed by atoms with Crippen molar-refractivity contribution < 1.29 is 4.79 Å². The number of rotatable bonds is 5. The van der Waals surface area contributed by atoms with Crippen LogP contribution in [0.15, 0.2) is 29.1 Å². The largest absolute Gasteiger partial charge is 0.317 e. The minimum absolute atomic E-state index is 0.134. The maximum Gasteiger partial charge on any atom is 0.274 e. The lowest BCUT2D eigenvalue weighted by Crippen LogP contribution is -2.28. The van der Waals surface area contributed by atoms with Gasteiger partial charge in [-0.2, -0.15) is 0 Å². The fraction of sp³-hybridized carbons (Fsp3) is 0.400. The molecule has 0 aliphatic carbocycles. The Morgan fingerprint density at radius 1 is 1.08 bits per heavy atom. The molecule has 2 rings (SSSR count). The van der Waals surface area contributed by atoms with E-state index in [9.17, 15) is 9.59 Å². The van der Waals surface area contributed by atoms with Gasteiger partial charge in [-0.25, -0.2) is 0 Å². The molecule has 24 heavy (non-hydrogen) atoms.